The second kappa shape index (κ2) is 7.28. The summed E-state index contributed by atoms with van der Waals surface area (Å²) in [4.78, 5) is 2.26. The molecule has 0 N–H and O–H groups in total. The Labute approximate surface area is 115 Å². The fourth-order valence-electron chi connectivity index (χ4n) is 2.05. The first-order valence-electron chi connectivity index (χ1n) is 6.57. The van der Waals surface area contributed by atoms with Crippen molar-refractivity contribution in [3.8, 4) is 6.07 Å². The molecule has 98 valence electrons. The fraction of sp³-hybridized carbons (Fsp3) is 0.533. The van der Waals surface area contributed by atoms with Crippen LogP contribution < -0.4 is 4.90 Å². The molecule has 3 heteroatoms. The van der Waals surface area contributed by atoms with Gasteiger partial charge in [0.1, 0.15) is 6.07 Å². The van der Waals surface area contributed by atoms with E-state index in [1.807, 2.05) is 12.1 Å². The van der Waals surface area contributed by atoms with Crippen LogP contribution >= 0.6 is 11.6 Å². The lowest BCUT2D eigenvalue weighted by atomic mass is 10.1. The van der Waals surface area contributed by atoms with Crippen molar-refractivity contribution in [3.05, 3.63) is 28.8 Å². The summed E-state index contributed by atoms with van der Waals surface area (Å²) in [5.41, 5.74) is 1.54. The summed E-state index contributed by atoms with van der Waals surface area (Å²) in [7, 11) is 0. The number of hydrogen-bond donors (Lipinski definition) is 0. The van der Waals surface area contributed by atoms with Gasteiger partial charge in [-0.05, 0) is 32.4 Å². The third-order valence-electron chi connectivity index (χ3n) is 3.04. The Balaban J connectivity index is 2.99. The third-order valence-corrected chi connectivity index (χ3v) is 3.35. The zero-order valence-electron chi connectivity index (χ0n) is 11.4. The normalized spacial score (nSPS) is 10.4. The molecule has 0 atom stereocenters. The van der Waals surface area contributed by atoms with Crippen molar-refractivity contribution >= 4 is 17.3 Å². The highest BCUT2D eigenvalue weighted by Gasteiger charge is 2.15. The van der Waals surface area contributed by atoms with Crippen molar-refractivity contribution < 1.29 is 0 Å². The lowest BCUT2D eigenvalue weighted by Crippen LogP contribution is -2.32. The fourth-order valence-corrected chi connectivity index (χ4v) is 2.26. The number of hydrogen-bond acceptors (Lipinski definition) is 2. The van der Waals surface area contributed by atoms with Crippen LogP contribution in [0.5, 0.6) is 0 Å². The van der Waals surface area contributed by atoms with Gasteiger partial charge in [0, 0.05) is 12.6 Å². The third kappa shape index (κ3) is 3.65. The van der Waals surface area contributed by atoms with Crippen LogP contribution in [0.25, 0.3) is 0 Å². The Bertz CT molecular complexity index is 421. The molecule has 0 amide bonds. The summed E-state index contributed by atoms with van der Waals surface area (Å²) in [6.45, 7) is 7.46. The Kier molecular flexibility index (Phi) is 6.01. The molecule has 0 radical (unpaired) electrons. The molecule has 0 unspecified atom stereocenters. The quantitative estimate of drug-likeness (QED) is 0.701. The lowest BCUT2D eigenvalue weighted by Gasteiger charge is -2.30. The minimum Gasteiger partial charge on any atom is -0.368 e. The van der Waals surface area contributed by atoms with E-state index in [2.05, 4.69) is 31.7 Å². The van der Waals surface area contributed by atoms with Crippen molar-refractivity contribution in [1.82, 2.24) is 0 Å². The number of halogens is 1. The number of nitrogens with zero attached hydrogens (tertiary/aromatic N) is 2. The maximum atomic E-state index is 9.24. The molecular formula is C15H21ClN2. The topological polar surface area (TPSA) is 27.0 Å². The number of nitriles is 1. The number of rotatable bonds is 6. The first-order chi connectivity index (χ1) is 8.61. The molecule has 0 aliphatic heterocycles. The molecule has 0 saturated heterocycles. The van der Waals surface area contributed by atoms with Crippen LogP contribution in [0.15, 0.2) is 18.2 Å². The average Bonchev–Trinajstić information content (AvgIpc) is 2.34. The first kappa shape index (κ1) is 14.9. The summed E-state index contributed by atoms with van der Waals surface area (Å²) in [5.74, 6) is 0. The van der Waals surface area contributed by atoms with E-state index in [0.717, 1.165) is 18.7 Å². The zero-order valence-corrected chi connectivity index (χ0v) is 12.2. The van der Waals surface area contributed by atoms with E-state index in [1.165, 1.54) is 12.8 Å². The number of unbranched alkanes of at least 4 members (excludes halogenated alkanes) is 2. The summed E-state index contributed by atoms with van der Waals surface area (Å²) >= 11 is 6.09. The Morgan fingerprint density at radius 2 is 2.06 bits per heavy atom. The van der Waals surface area contributed by atoms with Crippen molar-refractivity contribution in [2.24, 2.45) is 0 Å². The minimum absolute atomic E-state index is 0.368. The van der Waals surface area contributed by atoms with Crippen LogP contribution in [0.2, 0.25) is 5.02 Å². The predicted molar refractivity (Wildman–Crippen MR) is 78.2 cm³/mol. The maximum absolute atomic E-state index is 9.24. The van der Waals surface area contributed by atoms with E-state index >= 15 is 0 Å². The lowest BCUT2D eigenvalue weighted by molar-refractivity contribution is 0.625. The number of benzene rings is 1. The molecule has 0 aliphatic carbocycles. The standard InChI is InChI=1S/C15H21ClN2/c1-4-5-6-10-18(12(2)3)15-9-7-8-14(16)13(15)11-17/h7-9,12H,4-6,10H2,1-3H3. The molecule has 0 spiro atoms. The van der Waals surface area contributed by atoms with Crippen LogP contribution in [0, 0.1) is 11.3 Å². The van der Waals surface area contributed by atoms with Crippen LogP contribution in [-0.4, -0.2) is 12.6 Å². The van der Waals surface area contributed by atoms with Crippen LogP contribution in [0.1, 0.15) is 45.6 Å². The molecule has 1 aromatic rings. The Morgan fingerprint density at radius 3 is 2.61 bits per heavy atom. The van der Waals surface area contributed by atoms with Crippen molar-refractivity contribution in [2.45, 2.75) is 46.1 Å². The maximum Gasteiger partial charge on any atom is 0.103 e. The number of anilines is 1. The van der Waals surface area contributed by atoms with Gasteiger partial charge in [-0.25, -0.2) is 0 Å². The van der Waals surface area contributed by atoms with E-state index in [0.29, 0.717) is 16.6 Å². The smallest absolute Gasteiger partial charge is 0.103 e. The summed E-state index contributed by atoms with van der Waals surface area (Å²) in [5, 5.41) is 9.78. The Morgan fingerprint density at radius 1 is 1.33 bits per heavy atom. The van der Waals surface area contributed by atoms with Gasteiger partial charge < -0.3 is 4.90 Å². The Hall–Kier alpha value is -1.20. The zero-order chi connectivity index (χ0) is 13.5. The molecular weight excluding hydrogens is 244 g/mol. The van der Waals surface area contributed by atoms with E-state index in [1.54, 1.807) is 6.07 Å². The first-order valence-corrected chi connectivity index (χ1v) is 6.94. The van der Waals surface area contributed by atoms with Crippen molar-refractivity contribution in [2.75, 3.05) is 11.4 Å². The molecule has 0 aromatic heterocycles. The molecule has 0 heterocycles. The molecule has 1 aromatic carbocycles. The van der Waals surface area contributed by atoms with Gasteiger partial charge in [0.25, 0.3) is 0 Å². The van der Waals surface area contributed by atoms with Crippen LogP contribution in [-0.2, 0) is 0 Å². The van der Waals surface area contributed by atoms with Gasteiger partial charge >= 0.3 is 0 Å². The molecule has 0 aliphatic rings. The molecule has 18 heavy (non-hydrogen) atoms. The van der Waals surface area contributed by atoms with Crippen molar-refractivity contribution in [3.63, 3.8) is 0 Å². The van der Waals surface area contributed by atoms with E-state index in [-0.39, 0.29) is 0 Å². The molecule has 0 saturated carbocycles. The van der Waals surface area contributed by atoms with Gasteiger partial charge in [-0.15, -0.1) is 0 Å². The highest BCUT2D eigenvalue weighted by molar-refractivity contribution is 6.32. The summed E-state index contributed by atoms with van der Waals surface area (Å²) < 4.78 is 0. The summed E-state index contributed by atoms with van der Waals surface area (Å²) in [6.07, 6.45) is 3.56. The van der Waals surface area contributed by atoms with Crippen molar-refractivity contribution in [1.29, 1.82) is 5.26 Å². The predicted octanol–water partition coefficient (Wildman–Crippen LogP) is 4.62. The second-order valence-electron chi connectivity index (χ2n) is 4.74. The van der Waals surface area contributed by atoms with E-state index < -0.39 is 0 Å². The van der Waals surface area contributed by atoms with Gasteiger partial charge in [0.15, 0.2) is 0 Å². The minimum atomic E-state index is 0.368. The van der Waals surface area contributed by atoms with E-state index in [4.69, 9.17) is 11.6 Å². The SMILES string of the molecule is CCCCCN(c1cccc(Cl)c1C#N)C(C)C. The highest BCUT2D eigenvalue weighted by atomic mass is 35.5. The monoisotopic (exact) mass is 264 g/mol. The van der Waals surface area contributed by atoms with Gasteiger partial charge in [0.05, 0.1) is 16.3 Å². The molecule has 0 bridgehead atoms. The second-order valence-corrected chi connectivity index (χ2v) is 5.15. The van der Waals surface area contributed by atoms with Gasteiger partial charge in [-0.1, -0.05) is 37.4 Å². The average molecular weight is 265 g/mol. The van der Waals surface area contributed by atoms with Gasteiger partial charge in [0.2, 0.25) is 0 Å². The summed E-state index contributed by atoms with van der Waals surface area (Å²) in [6, 6.07) is 8.25. The van der Waals surface area contributed by atoms with Crippen LogP contribution in [0.4, 0.5) is 5.69 Å². The van der Waals surface area contributed by atoms with Gasteiger partial charge in [-0.2, -0.15) is 5.26 Å². The molecule has 1 rings (SSSR count). The highest BCUT2D eigenvalue weighted by Crippen LogP contribution is 2.28. The van der Waals surface area contributed by atoms with E-state index in [9.17, 15) is 5.26 Å². The van der Waals surface area contributed by atoms with Crippen LogP contribution in [0.3, 0.4) is 0 Å². The largest absolute Gasteiger partial charge is 0.368 e. The van der Waals surface area contributed by atoms with Gasteiger partial charge in [-0.3, -0.25) is 0 Å². The molecule has 0 fully saturated rings. The molecule has 2 nitrogen and oxygen atoms in total.